The van der Waals surface area contributed by atoms with Crippen LogP contribution in [0, 0.1) is 36.5 Å². The van der Waals surface area contributed by atoms with Crippen molar-refractivity contribution < 1.29 is 14.2 Å². The van der Waals surface area contributed by atoms with E-state index in [1.807, 2.05) is 13.2 Å². The first-order valence-electron chi connectivity index (χ1n) is 19.1. The maximum Gasteiger partial charge on any atom is 0.142 e. The maximum atomic E-state index is 6.56. The van der Waals surface area contributed by atoms with Crippen molar-refractivity contribution in [2.45, 2.75) is 83.1 Å². The van der Waals surface area contributed by atoms with Crippen LogP contribution in [-0.4, -0.2) is 70.7 Å². The lowest BCUT2D eigenvalue weighted by Gasteiger charge is -2.43. The van der Waals surface area contributed by atoms with E-state index in [1.165, 1.54) is 47.5 Å². The number of fused-ring (bicyclic) bond motifs is 2. The van der Waals surface area contributed by atoms with Gasteiger partial charge in [-0.25, -0.2) is 0 Å². The number of morpholine rings is 1. The van der Waals surface area contributed by atoms with Gasteiger partial charge in [-0.2, -0.15) is 0 Å². The summed E-state index contributed by atoms with van der Waals surface area (Å²) in [5.41, 5.74) is 4.96. The SMILES string of the molecule is C#C.C=C1NSc2ccc3c(c2)N(CC(c2ccc(Cl)cc2CCC)CO3)CC2CCC2C(OC)/C=C/CC(C)C1C.CCCN1CCOCC1. The highest BCUT2D eigenvalue weighted by molar-refractivity contribution is 7.97. The highest BCUT2D eigenvalue weighted by Gasteiger charge is 2.39. The lowest BCUT2D eigenvalue weighted by atomic mass is 9.70. The summed E-state index contributed by atoms with van der Waals surface area (Å²) in [6.45, 7) is 21.4. The van der Waals surface area contributed by atoms with Crippen molar-refractivity contribution in [3.63, 3.8) is 0 Å². The third-order valence-electron chi connectivity index (χ3n) is 11.0. The Kier molecular flexibility index (Phi) is 17.1. The lowest BCUT2D eigenvalue weighted by Crippen LogP contribution is -2.44. The molecule has 6 atom stereocenters. The number of nitrogens with zero attached hydrogens (tertiary/aromatic N) is 2. The van der Waals surface area contributed by atoms with Crippen LogP contribution in [0.2, 0.25) is 5.02 Å². The number of hydrogen-bond acceptors (Lipinski definition) is 7. The second kappa shape index (κ2) is 21.2. The van der Waals surface area contributed by atoms with Gasteiger partial charge in [0.15, 0.2) is 0 Å². The fourth-order valence-electron chi connectivity index (χ4n) is 7.62. The monoisotopic (exact) mass is 735 g/mol. The van der Waals surface area contributed by atoms with E-state index >= 15 is 0 Å². The Morgan fingerprint density at radius 1 is 1.04 bits per heavy atom. The van der Waals surface area contributed by atoms with Crippen LogP contribution in [0.1, 0.15) is 76.8 Å². The number of methoxy groups -OCH3 is 1. The van der Waals surface area contributed by atoms with Gasteiger partial charge in [0.25, 0.3) is 0 Å². The predicted molar refractivity (Wildman–Crippen MR) is 217 cm³/mol. The van der Waals surface area contributed by atoms with Crippen LogP contribution in [0.4, 0.5) is 5.69 Å². The normalized spacial score (nSPS) is 27.4. The molecule has 2 aromatic carbocycles. The van der Waals surface area contributed by atoms with Crippen molar-refractivity contribution in [3.8, 4) is 18.6 Å². The zero-order chi connectivity index (χ0) is 36.8. The van der Waals surface area contributed by atoms with Gasteiger partial charge in [-0.15, -0.1) is 12.8 Å². The third kappa shape index (κ3) is 11.4. The number of benzene rings is 2. The molecule has 2 aromatic rings. The maximum absolute atomic E-state index is 6.56. The van der Waals surface area contributed by atoms with Gasteiger partial charge in [0.2, 0.25) is 0 Å². The van der Waals surface area contributed by atoms with E-state index in [9.17, 15) is 0 Å². The molecular formula is C43H62ClN3O3S. The smallest absolute Gasteiger partial charge is 0.142 e. The summed E-state index contributed by atoms with van der Waals surface area (Å²) in [5.74, 6) is 3.22. The molecule has 51 heavy (non-hydrogen) atoms. The molecule has 0 amide bonds. The van der Waals surface area contributed by atoms with Crippen LogP contribution < -0.4 is 14.4 Å². The van der Waals surface area contributed by atoms with Gasteiger partial charge in [-0.3, -0.25) is 4.90 Å². The Labute approximate surface area is 318 Å². The van der Waals surface area contributed by atoms with Crippen LogP contribution in [0.25, 0.3) is 0 Å². The summed E-state index contributed by atoms with van der Waals surface area (Å²) < 4.78 is 21.4. The number of terminal acetylenes is 1. The van der Waals surface area contributed by atoms with Crippen molar-refractivity contribution in [3.05, 3.63) is 77.0 Å². The van der Waals surface area contributed by atoms with Gasteiger partial charge in [0.1, 0.15) is 5.75 Å². The quantitative estimate of drug-likeness (QED) is 0.180. The first-order chi connectivity index (χ1) is 24.8. The highest BCUT2D eigenvalue weighted by atomic mass is 35.5. The van der Waals surface area contributed by atoms with Crippen LogP contribution in [0.3, 0.4) is 0 Å². The second-order valence-electron chi connectivity index (χ2n) is 14.5. The average Bonchev–Trinajstić information content (AvgIpc) is 3.32. The van der Waals surface area contributed by atoms with Crippen molar-refractivity contribution in [2.24, 2.45) is 23.7 Å². The van der Waals surface area contributed by atoms with E-state index in [0.717, 1.165) is 75.1 Å². The standard InChI is InChI=1S/C34H45ClN2O2S.C7H15NO.C2H2/c1-6-8-25-17-28(35)12-15-30(25)27-20-37-19-26-11-14-31(26)33(38-5)10-7-9-22(2)23(3)24(4)36-40-29-13-16-34(39-21-27)32(37)18-29;1-2-3-8-4-6-9-7-5-8;1-2/h7,10,12-13,15-18,22-23,26-27,31,33,36H,4,6,8-9,11,14,19-21H2,1-3,5H3;2-7H2,1H3;1-2H/b10-7+;;. The number of ether oxygens (including phenoxy) is 3. The van der Waals surface area contributed by atoms with Crippen molar-refractivity contribution in [1.29, 1.82) is 0 Å². The number of hydrogen-bond donors (Lipinski definition) is 1. The number of rotatable bonds is 6. The fraction of sp³-hybridized carbons (Fsp3) is 0.581. The van der Waals surface area contributed by atoms with E-state index in [0.29, 0.717) is 30.3 Å². The Bertz CT molecular complexity index is 1420. The van der Waals surface area contributed by atoms with Gasteiger partial charge in [0, 0.05) is 54.8 Å². The minimum Gasteiger partial charge on any atom is -0.491 e. The summed E-state index contributed by atoms with van der Waals surface area (Å²) in [7, 11) is 1.87. The van der Waals surface area contributed by atoms with Gasteiger partial charge in [0.05, 0.1) is 31.6 Å². The molecule has 6 nitrogen and oxygen atoms in total. The molecule has 6 unspecified atom stereocenters. The zero-order valence-electron chi connectivity index (χ0n) is 31.7. The molecule has 1 saturated carbocycles. The Morgan fingerprint density at radius 2 is 1.82 bits per heavy atom. The molecular weight excluding hydrogens is 674 g/mol. The average molecular weight is 737 g/mol. The van der Waals surface area contributed by atoms with E-state index in [-0.39, 0.29) is 12.0 Å². The summed E-state index contributed by atoms with van der Waals surface area (Å²) in [4.78, 5) is 6.22. The third-order valence-corrected chi connectivity index (χ3v) is 12.1. The molecule has 6 rings (SSSR count). The molecule has 2 bridgehead atoms. The van der Waals surface area contributed by atoms with E-state index < -0.39 is 0 Å². The fourth-order valence-corrected chi connectivity index (χ4v) is 8.56. The van der Waals surface area contributed by atoms with Crippen molar-refractivity contribution in [2.75, 3.05) is 64.6 Å². The molecule has 0 radical (unpaired) electrons. The molecule has 0 aromatic heterocycles. The van der Waals surface area contributed by atoms with Crippen LogP contribution in [-0.2, 0) is 15.9 Å². The first kappa shape index (κ1) is 41.2. The Balaban J connectivity index is 0.000000457. The van der Waals surface area contributed by atoms with Crippen molar-refractivity contribution >= 4 is 29.2 Å². The second-order valence-corrected chi connectivity index (χ2v) is 15.8. The van der Waals surface area contributed by atoms with Gasteiger partial charge in [-0.1, -0.05) is 70.5 Å². The topological polar surface area (TPSA) is 46.2 Å². The van der Waals surface area contributed by atoms with E-state index in [2.05, 4.69) is 104 Å². The molecule has 280 valence electrons. The predicted octanol–water partition coefficient (Wildman–Crippen LogP) is 9.64. The van der Waals surface area contributed by atoms with Gasteiger partial charge < -0.3 is 23.8 Å². The molecule has 1 N–H and O–H groups in total. The number of halogens is 1. The first-order valence-corrected chi connectivity index (χ1v) is 20.2. The molecule has 0 spiro atoms. The minimum atomic E-state index is 0.156. The molecule has 3 heterocycles. The summed E-state index contributed by atoms with van der Waals surface area (Å²) in [6, 6.07) is 13.0. The van der Waals surface area contributed by atoms with Gasteiger partial charge >= 0.3 is 0 Å². The van der Waals surface area contributed by atoms with Crippen LogP contribution >= 0.6 is 23.5 Å². The largest absolute Gasteiger partial charge is 0.491 e. The molecule has 3 aliphatic heterocycles. The molecule has 4 aliphatic rings. The van der Waals surface area contributed by atoms with Crippen molar-refractivity contribution in [1.82, 2.24) is 9.62 Å². The summed E-state index contributed by atoms with van der Waals surface area (Å²) in [5, 5.41) is 0.811. The molecule has 1 saturated heterocycles. The Morgan fingerprint density at radius 3 is 2.51 bits per heavy atom. The van der Waals surface area contributed by atoms with E-state index in [1.54, 1.807) is 11.9 Å². The number of nitrogens with one attached hydrogen (secondary N) is 1. The van der Waals surface area contributed by atoms with Gasteiger partial charge in [-0.05, 0) is 116 Å². The van der Waals surface area contributed by atoms with Crippen LogP contribution in [0.15, 0.2) is 65.7 Å². The zero-order valence-corrected chi connectivity index (χ0v) is 33.3. The molecule has 2 fully saturated rings. The summed E-state index contributed by atoms with van der Waals surface area (Å²) >= 11 is 8.09. The molecule has 1 aliphatic carbocycles. The summed E-state index contributed by atoms with van der Waals surface area (Å²) in [6.07, 6.45) is 19.7. The number of allylic oxidation sites excluding steroid dienone is 2. The number of aryl methyl sites for hydroxylation is 1. The minimum absolute atomic E-state index is 0.156. The van der Waals surface area contributed by atoms with E-state index in [4.69, 9.17) is 25.8 Å². The van der Waals surface area contributed by atoms with Crippen LogP contribution in [0.5, 0.6) is 5.75 Å². The Hall–Kier alpha value is -2.60. The molecule has 8 heteroatoms. The lowest BCUT2D eigenvalue weighted by molar-refractivity contribution is 0.0134. The number of anilines is 1. The highest BCUT2D eigenvalue weighted by Crippen LogP contribution is 2.44.